The number of nitro groups is 1. The van der Waals surface area contributed by atoms with Crippen molar-refractivity contribution in [1.82, 2.24) is 0 Å². The zero-order chi connectivity index (χ0) is 17.0. The minimum absolute atomic E-state index is 0.283. The van der Waals surface area contributed by atoms with E-state index >= 15 is 0 Å². The zero-order valence-corrected chi connectivity index (χ0v) is 13.1. The molecule has 2 aromatic rings. The summed E-state index contributed by atoms with van der Waals surface area (Å²) in [4.78, 5) is 12.2. The van der Waals surface area contributed by atoms with Crippen LogP contribution < -0.4 is 14.4 Å². The van der Waals surface area contributed by atoms with Gasteiger partial charge in [-0.25, -0.2) is 4.39 Å². The van der Waals surface area contributed by atoms with Gasteiger partial charge in [0.25, 0.3) is 5.69 Å². The molecule has 7 heteroatoms. The van der Waals surface area contributed by atoms with Crippen molar-refractivity contribution >= 4 is 11.4 Å². The average molecular weight is 320 g/mol. The summed E-state index contributed by atoms with van der Waals surface area (Å²) < 4.78 is 23.9. The maximum atomic E-state index is 13.3. The molecule has 0 radical (unpaired) electrons. The molecule has 0 aliphatic heterocycles. The first-order valence-electron chi connectivity index (χ1n) is 6.83. The topological polar surface area (TPSA) is 64.8 Å². The summed E-state index contributed by atoms with van der Waals surface area (Å²) in [6.45, 7) is 0.340. The first kappa shape index (κ1) is 16.5. The molecule has 0 N–H and O–H groups in total. The number of hydrogen-bond donors (Lipinski definition) is 0. The fourth-order valence-corrected chi connectivity index (χ4v) is 2.38. The number of methoxy groups -OCH3 is 2. The highest BCUT2D eigenvalue weighted by molar-refractivity contribution is 5.63. The SMILES string of the molecule is COc1cccc(CN(C)c2ccc(F)cc2[N+](=O)[O-])c1OC. The molecule has 2 rings (SSSR count). The Morgan fingerprint density at radius 3 is 2.57 bits per heavy atom. The monoisotopic (exact) mass is 320 g/mol. The molecular formula is C16H17FN2O4. The maximum Gasteiger partial charge on any atom is 0.295 e. The van der Waals surface area contributed by atoms with Gasteiger partial charge in [0.05, 0.1) is 25.2 Å². The van der Waals surface area contributed by atoms with E-state index in [0.29, 0.717) is 23.7 Å². The molecule has 2 aromatic carbocycles. The van der Waals surface area contributed by atoms with Gasteiger partial charge in [-0.1, -0.05) is 12.1 Å². The van der Waals surface area contributed by atoms with Gasteiger partial charge in [0.2, 0.25) is 0 Å². The molecule has 0 aliphatic carbocycles. The third-order valence-corrected chi connectivity index (χ3v) is 3.44. The Hall–Kier alpha value is -2.83. The van der Waals surface area contributed by atoms with Crippen LogP contribution in [0.25, 0.3) is 0 Å². The fourth-order valence-electron chi connectivity index (χ4n) is 2.38. The molecule has 0 saturated heterocycles. The second kappa shape index (κ2) is 6.95. The average Bonchev–Trinajstić information content (AvgIpc) is 2.54. The summed E-state index contributed by atoms with van der Waals surface area (Å²) >= 11 is 0. The largest absolute Gasteiger partial charge is 0.493 e. The number of ether oxygens (including phenoxy) is 2. The van der Waals surface area contributed by atoms with Crippen LogP contribution in [0.4, 0.5) is 15.8 Å². The van der Waals surface area contributed by atoms with Crippen molar-refractivity contribution in [2.24, 2.45) is 0 Å². The minimum Gasteiger partial charge on any atom is -0.493 e. The Morgan fingerprint density at radius 2 is 1.96 bits per heavy atom. The van der Waals surface area contributed by atoms with Gasteiger partial charge in [-0.3, -0.25) is 10.1 Å². The van der Waals surface area contributed by atoms with Crippen LogP contribution in [-0.4, -0.2) is 26.2 Å². The van der Waals surface area contributed by atoms with Gasteiger partial charge in [0, 0.05) is 19.2 Å². The van der Waals surface area contributed by atoms with Crippen LogP contribution in [0, 0.1) is 15.9 Å². The summed E-state index contributed by atoms with van der Waals surface area (Å²) in [6, 6.07) is 8.91. The van der Waals surface area contributed by atoms with Crippen LogP contribution >= 0.6 is 0 Å². The van der Waals surface area contributed by atoms with E-state index in [4.69, 9.17) is 9.47 Å². The van der Waals surface area contributed by atoms with Gasteiger partial charge in [-0.15, -0.1) is 0 Å². The summed E-state index contributed by atoms with van der Waals surface area (Å²) in [5.41, 5.74) is 0.837. The third-order valence-electron chi connectivity index (χ3n) is 3.44. The quantitative estimate of drug-likeness (QED) is 0.603. The van der Waals surface area contributed by atoms with Crippen molar-refractivity contribution in [2.75, 3.05) is 26.2 Å². The van der Waals surface area contributed by atoms with Crippen molar-refractivity contribution in [3.63, 3.8) is 0 Å². The van der Waals surface area contributed by atoms with Crippen LogP contribution in [0.1, 0.15) is 5.56 Å². The fraction of sp³-hybridized carbons (Fsp3) is 0.250. The predicted molar refractivity (Wildman–Crippen MR) is 84.7 cm³/mol. The van der Waals surface area contributed by atoms with Crippen LogP contribution in [0.3, 0.4) is 0 Å². The van der Waals surface area contributed by atoms with E-state index < -0.39 is 10.7 Å². The molecular weight excluding hydrogens is 303 g/mol. The molecule has 0 fully saturated rings. The number of nitrogens with zero attached hydrogens (tertiary/aromatic N) is 2. The second-order valence-electron chi connectivity index (χ2n) is 4.90. The van der Waals surface area contributed by atoms with Gasteiger partial charge in [0.15, 0.2) is 11.5 Å². The number of halogens is 1. The molecule has 0 spiro atoms. The van der Waals surface area contributed by atoms with Crippen molar-refractivity contribution in [3.05, 3.63) is 57.9 Å². The van der Waals surface area contributed by atoms with E-state index in [0.717, 1.165) is 11.6 Å². The lowest BCUT2D eigenvalue weighted by atomic mass is 10.1. The van der Waals surface area contributed by atoms with Crippen molar-refractivity contribution in [1.29, 1.82) is 0 Å². The molecule has 0 amide bonds. The number of anilines is 1. The van der Waals surface area contributed by atoms with Gasteiger partial charge < -0.3 is 14.4 Å². The lowest BCUT2D eigenvalue weighted by Gasteiger charge is -2.21. The molecule has 0 heterocycles. The first-order valence-corrected chi connectivity index (χ1v) is 6.83. The van der Waals surface area contributed by atoms with E-state index in [9.17, 15) is 14.5 Å². The smallest absolute Gasteiger partial charge is 0.295 e. The Balaban J connectivity index is 2.37. The third kappa shape index (κ3) is 3.50. The standard InChI is InChI=1S/C16H17FN2O4/c1-18(13-8-7-12(17)9-14(13)19(20)21)10-11-5-4-6-15(22-2)16(11)23-3/h4-9H,10H2,1-3H3. The second-order valence-corrected chi connectivity index (χ2v) is 4.90. The highest BCUT2D eigenvalue weighted by Crippen LogP contribution is 2.34. The molecule has 0 aliphatic rings. The Kier molecular flexibility index (Phi) is 5.00. The summed E-state index contributed by atoms with van der Waals surface area (Å²) in [7, 11) is 4.76. The van der Waals surface area contributed by atoms with E-state index in [-0.39, 0.29) is 5.69 Å². The molecule has 0 bridgehead atoms. The van der Waals surface area contributed by atoms with Crippen LogP contribution in [-0.2, 0) is 6.54 Å². The maximum absolute atomic E-state index is 13.3. The van der Waals surface area contributed by atoms with Crippen LogP contribution in [0.5, 0.6) is 11.5 Å². The van der Waals surface area contributed by atoms with Gasteiger partial charge in [-0.2, -0.15) is 0 Å². The number of nitro benzene ring substituents is 1. The number of hydrogen-bond acceptors (Lipinski definition) is 5. The van der Waals surface area contributed by atoms with Crippen molar-refractivity contribution in [2.45, 2.75) is 6.54 Å². The minimum atomic E-state index is -0.646. The molecule has 0 atom stereocenters. The van der Waals surface area contributed by atoms with Gasteiger partial charge >= 0.3 is 0 Å². The Morgan fingerprint density at radius 1 is 1.22 bits per heavy atom. The summed E-state index contributed by atoms with van der Waals surface area (Å²) in [5.74, 6) is 0.492. The summed E-state index contributed by atoms with van der Waals surface area (Å²) in [5, 5.41) is 11.1. The van der Waals surface area contributed by atoms with E-state index in [2.05, 4.69) is 0 Å². The number of para-hydroxylation sites is 1. The van der Waals surface area contributed by atoms with Crippen LogP contribution in [0.15, 0.2) is 36.4 Å². The van der Waals surface area contributed by atoms with Gasteiger partial charge in [-0.05, 0) is 18.2 Å². The zero-order valence-electron chi connectivity index (χ0n) is 13.1. The summed E-state index contributed by atoms with van der Waals surface area (Å²) in [6.07, 6.45) is 0. The van der Waals surface area contributed by atoms with Gasteiger partial charge in [0.1, 0.15) is 11.5 Å². The van der Waals surface area contributed by atoms with Crippen molar-refractivity contribution < 1.29 is 18.8 Å². The number of rotatable bonds is 6. The molecule has 23 heavy (non-hydrogen) atoms. The van der Waals surface area contributed by atoms with Crippen molar-refractivity contribution in [3.8, 4) is 11.5 Å². The normalized spacial score (nSPS) is 10.3. The van der Waals surface area contributed by atoms with E-state index in [1.165, 1.54) is 26.4 Å². The Bertz CT molecular complexity index is 721. The number of benzene rings is 2. The van der Waals surface area contributed by atoms with E-state index in [1.807, 2.05) is 12.1 Å². The van der Waals surface area contributed by atoms with E-state index in [1.54, 1.807) is 18.0 Å². The lowest BCUT2D eigenvalue weighted by Crippen LogP contribution is -2.18. The predicted octanol–water partition coefficient (Wildman–Crippen LogP) is 3.39. The molecule has 0 saturated carbocycles. The highest BCUT2D eigenvalue weighted by atomic mass is 19.1. The first-order chi connectivity index (χ1) is 11.0. The van der Waals surface area contributed by atoms with Crippen LogP contribution in [0.2, 0.25) is 0 Å². The molecule has 0 unspecified atom stereocenters. The molecule has 6 nitrogen and oxygen atoms in total. The lowest BCUT2D eigenvalue weighted by molar-refractivity contribution is -0.384. The highest BCUT2D eigenvalue weighted by Gasteiger charge is 2.20. The Labute approximate surface area is 133 Å². The molecule has 0 aromatic heterocycles. The molecule has 122 valence electrons.